The van der Waals surface area contributed by atoms with Gasteiger partial charge in [-0.15, -0.1) is 0 Å². The molecular formula is C13H16FNO4S2. The zero-order valence-electron chi connectivity index (χ0n) is 11.4. The summed E-state index contributed by atoms with van der Waals surface area (Å²) in [4.78, 5) is 11.2. The standard InChI is InChI=1S/C13H16FNO4S2/c1-21(18,19)15-7-11(6-12(15)13(16)17)20-8-9-2-4-10(14)5-3-9/h2-5,11-12H,6-8H2,1H3,(H,16,17)/t11-,12-/m0/s1. The molecule has 21 heavy (non-hydrogen) atoms. The minimum absolute atomic E-state index is 0.0779. The number of rotatable bonds is 5. The summed E-state index contributed by atoms with van der Waals surface area (Å²) < 4.78 is 37.1. The van der Waals surface area contributed by atoms with Gasteiger partial charge in [0.1, 0.15) is 11.9 Å². The largest absolute Gasteiger partial charge is 0.480 e. The fraction of sp³-hybridized carbons (Fsp3) is 0.462. The van der Waals surface area contributed by atoms with Gasteiger partial charge >= 0.3 is 5.97 Å². The summed E-state index contributed by atoms with van der Waals surface area (Å²) in [5.41, 5.74) is 0.922. The van der Waals surface area contributed by atoms with Gasteiger partial charge in [-0.25, -0.2) is 12.8 Å². The zero-order chi connectivity index (χ0) is 15.6. The maximum atomic E-state index is 12.8. The number of benzene rings is 1. The van der Waals surface area contributed by atoms with Gasteiger partial charge in [-0.1, -0.05) is 12.1 Å². The zero-order valence-corrected chi connectivity index (χ0v) is 13.0. The SMILES string of the molecule is CS(=O)(=O)N1C[C@@H](SCc2ccc(F)cc2)C[C@H]1C(=O)O. The third kappa shape index (κ3) is 4.18. The van der Waals surface area contributed by atoms with Crippen LogP contribution in [-0.4, -0.2) is 47.9 Å². The first kappa shape index (κ1) is 16.3. The third-order valence-electron chi connectivity index (χ3n) is 3.33. The minimum atomic E-state index is -3.53. The summed E-state index contributed by atoms with van der Waals surface area (Å²) in [7, 11) is -3.53. The van der Waals surface area contributed by atoms with Crippen LogP contribution in [0.25, 0.3) is 0 Å². The van der Waals surface area contributed by atoms with Gasteiger partial charge in [-0.2, -0.15) is 16.1 Å². The number of carbonyl (C=O) groups is 1. The fourth-order valence-electron chi connectivity index (χ4n) is 2.28. The van der Waals surface area contributed by atoms with E-state index < -0.39 is 22.0 Å². The monoisotopic (exact) mass is 333 g/mol. The summed E-state index contributed by atoms with van der Waals surface area (Å²) >= 11 is 1.49. The first-order chi connectivity index (χ1) is 9.77. The molecule has 1 N–H and O–H groups in total. The number of hydrogen-bond donors (Lipinski definition) is 1. The van der Waals surface area contributed by atoms with Crippen molar-refractivity contribution in [2.75, 3.05) is 12.8 Å². The van der Waals surface area contributed by atoms with Gasteiger partial charge in [0.25, 0.3) is 0 Å². The van der Waals surface area contributed by atoms with E-state index in [0.29, 0.717) is 5.75 Å². The van der Waals surface area contributed by atoms with E-state index in [2.05, 4.69) is 0 Å². The fourth-order valence-corrected chi connectivity index (χ4v) is 4.66. The summed E-state index contributed by atoms with van der Waals surface area (Å²) in [5.74, 6) is -0.835. The normalized spacial score (nSPS) is 23.3. The average Bonchev–Trinajstić information content (AvgIpc) is 2.82. The van der Waals surface area contributed by atoms with E-state index in [-0.39, 0.29) is 24.0 Å². The van der Waals surface area contributed by atoms with Crippen LogP contribution in [0, 0.1) is 5.82 Å². The van der Waals surface area contributed by atoms with E-state index >= 15 is 0 Å². The molecule has 1 aliphatic rings. The second kappa shape index (κ2) is 6.33. The van der Waals surface area contributed by atoms with Crippen LogP contribution in [0.1, 0.15) is 12.0 Å². The lowest BCUT2D eigenvalue weighted by Gasteiger charge is -2.17. The van der Waals surface area contributed by atoms with Crippen LogP contribution in [0.5, 0.6) is 0 Å². The molecule has 1 aromatic rings. The Bertz CT molecular complexity index is 618. The number of hydrogen-bond acceptors (Lipinski definition) is 4. The molecule has 8 heteroatoms. The van der Waals surface area contributed by atoms with Gasteiger partial charge in [-0.3, -0.25) is 4.79 Å². The lowest BCUT2D eigenvalue weighted by atomic mass is 10.2. The molecule has 116 valence electrons. The van der Waals surface area contributed by atoms with Crippen molar-refractivity contribution in [1.82, 2.24) is 4.31 Å². The molecule has 1 heterocycles. The van der Waals surface area contributed by atoms with E-state index in [4.69, 9.17) is 5.11 Å². The van der Waals surface area contributed by atoms with Crippen molar-refractivity contribution >= 4 is 27.8 Å². The lowest BCUT2D eigenvalue weighted by Crippen LogP contribution is -2.39. The maximum absolute atomic E-state index is 12.8. The highest BCUT2D eigenvalue weighted by atomic mass is 32.2. The van der Waals surface area contributed by atoms with Crippen molar-refractivity contribution in [2.24, 2.45) is 0 Å². The van der Waals surface area contributed by atoms with Crippen LogP contribution in [-0.2, 0) is 20.6 Å². The molecule has 2 rings (SSSR count). The first-order valence-electron chi connectivity index (χ1n) is 6.33. The maximum Gasteiger partial charge on any atom is 0.322 e. The number of carboxylic acids is 1. The summed E-state index contributed by atoms with van der Waals surface area (Å²) in [6.45, 7) is 0.196. The second-order valence-corrected chi connectivity index (χ2v) is 8.21. The topological polar surface area (TPSA) is 74.7 Å². The number of nitrogens with zero attached hydrogens (tertiary/aromatic N) is 1. The van der Waals surface area contributed by atoms with Crippen molar-refractivity contribution in [3.63, 3.8) is 0 Å². The highest BCUT2D eigenvalue weighted by molar-refractivity contribution is 7.99. The number of thioether (sulfide) groups is 1. The highest BCUT2D eigenvalue weighted by Crippen LogP contribution is 2.31. The van der Waals surface area contributed by atoms with Crippen LogP contribution < -0.4 is 0 Å². The Labute approximate surface area is 127 Å². The summed E-state index contributed by atoms with van der Waals surface area (Å²) in [6, 6.07) is 5.08. The Balaban J connectivity index is 1.99. The van der Waals surface area contributed by atoms with Crippen LogP contribution >= 0.6 is 11.8 Å². The summed E-state index contributed by atoms with van der Waals surface area (Å²) in [5, 5.41) is 9.05. The predicted octanol–water partition coefficient (Wildman–Crippen LogP) is 1.55. The molecule has 1 aliphatic heterocycles. The van der Waals surface area contributed by atoms with Crippen LogP contribution in [0.3, 0.4) is 0 Å². The molecule has 0 aliphatic carbocycles. The predicted molar refractivity (Wildman–Crippen MR) is 79.1 cm³/mol. The van der Waals surface area contributed by atoms with Gasteiger partial charge < -0.3 is 5.11 Å². The van der Waals surface area contributed by atoms with E-state index in [1.807, 2.05) is 0 Å². The number of carboxylic acid groups (broad SMARTS) is 1. The Kier molecular flexibility index (Phi) is 4.90. The molecule has 0 amide bonds. The third-order valence-corrected chi connectivity index (χ3v) is 5.90. The molecule has 0 spiro atoms. The van der Waals surface area contributed by atoms with Crippen LogP contribution in [0.4, 0.5) is 4.39 Å². The quantitative estimate of drug-likeness (QED) is 0.885. The Morgan fingerprint density at radius 2 is 2.05 bits per heavy atom. The molecule has 0 unspecified atom stereocenters. The van der Waals surface area contributed by atoms with Gasteiger partial charge in [0, 0.05) is 17.5 Å². The van der Waals surface area contributed by atoms with Gasteiger partial charge in [-0.05, 0) is 24.1 Å². The molecule has 1 fully saturated rings. The Hall–Kier alpha value is -1.12. The van der Waals surface area contributed by atoms with E-state index in [1.165, 1.54) is 23.9 Å². The van der Waals surface area contributed by atoms with Gasteiger partial charge in [0.15, 0.2) is 0 Å². The second-order valence-electron chi connectivity index (χ2n) is 4.98. The molecule has 0 radical (unpaired) electrons. The molecule has 2 atom stereocenters. The molecular weight excluding hydrogens is 317 g/mol. The molecule has 0 saturated carbocycles. The van der Waals surface area contributed by atoms with Crippen LogP contribution in [0.2, 0.25) is 0 Å². The number of aliphatic carboxylic acids is 1. The molecule has 0 bridgehead atoms. The molecule has 1 aromatic carbocycles. The summed E-state index contributed by atoms with van der Waals surface area (Å²) in [6.07, 6.45) is 1.31. The average molecular weight is 333 g/mol. The Morgan fingerprint density at radius 3 is 2.52 bits per heavy atom. The number of sulfonamides is 1. The highest BCUT2D eigenvalue weighted by Gasteiger charge is 2.41. The molecule has 0 aromatic heterocycles. The van der Waals surface area contributed by atoms with E-state index in [9.17, 15) is 17.6 Å². The van der Waals surface area contributed by atoms with E-state index in [1.54, 1.807) is 12.1 Å². The van der Waals surface area contributed by atoms with Gasteiger partial charge in [0.05, 0.1) is 6.26 Å². The smallest absolute Gasteiger partial charge is 0.322 e. The van der Waals surface area contributed by atoms with Crippen LogP contribution in [0.15, 0.2) is 24.3 Å². The molecule has 1 saturated heterocycles. The first-order valence-corrected chi connectivity index (χ1v) is 9.23. The van der Waals surface area contributed by atoms with Crippen molar-refractivity contribution in [3.05, 3.63) is 35.6 Å². The van der Waals surface area contributed by atoms with Crippen molar-refractivity contribution in [3.8, 4) is 0 Å². The van der Waals surface area contributed by atoms with E-state index in [0.717, 1.165) is 16.1 Å². The van der Waals surface area contributed by atoms with Crippen molar-refractivity contribution in [2.45, 2.75) is 23.5 Å². The van der Waals surface area contributed by atoms with Gasteiger partial charge in [0.2, 0.25) is 10.0 Å². The molecule has 5 nitrogen and oxygen atoms in total. The van der Waals surface area contributed by atoms with Crippen molar-refractivity contribution < 1.29 is 22.7 Å². The Morgan fingerprint density at radius 1 is 1.43 bits per heavy atom. The minimum Gasteiger partial charge on any atom is -0.480 e. The number of halogens is 1. The van der Waals surface area contributed by atoms with Crippen molar-refractivity contribution in [1.29, 1.82) is 0 Å². The lowest BCUT2D eigenvalue weighted by molar-refractivity contribution is -0.140.